The van der Waals surface area contributed by atoms with Crippen LogP contribution >= 0.6 is 0 Å². The predicted molar refractivity (Wildman–Crippen MR) is 241 cm³/mol. The lowest BCUT2D eigenvalue weighted by Crippen LogP contribution is -2.01. The van der Waals surface area contributed by atoms with Gasteiger partial charge in [-0.1, -0.05) is 170 Å². The highest BCUT2D eigenvalue weighted by Crippen LogP contribution is 2.37. The number of hydrogen-bond donors (Lipinski definition) is 0. The maximum atomic E-state index is 5.36. The van der Waals surface area contributed by atoms with Gasteiger partial charge in [0.1, 0.15) is 0 Å². The molecular formula is C54H43N3. The summed E-state index contributed by atoms with van der Waals surface area (Å²) in [6.07, 6.45) is 2.09. The van der Waals surface area contributed by atoms with Crippen molar-refractivity contribution in [1.82, 2.24) is 9.97 Å². The summed E-state index contributed by atoms with van der Waals surface area (Å²) in [6.45, 7) is 11.0. The van der Waals surface area contributed by atoms with Crippen LogP contribution in [0.15, 0.2) is 206 Å². The molecule has 0 spiro atoms. The maximum Gasteiger partial charge on any atom is 0.160 e. The van der Waals surface area contributed by atoms with Crippen molar-refractivity contribution in [2.24, 2.45) is 4.99 Å². The first-order valence-corrected chi connectivity index (χ1v) is 19.3. The number of aromatic nitrogens is 2. The van der Waals surface area contributed by atoms with E-state index in [-0.39, 0.29) is 0 Å². The molecule has 0 aliphatic heterocycles. The second-order valence-electron chi connectivity index (χ2n) is 14.3. The lowest BCUT2D eigenvalue weighted by atomic mass is 9.93. The third-order valence-electron chi connectivity index (χ3n) is 10.3. The van der Waals surface area contributed by atoms with Crippen molar-refractivity contribution in [3.05, 3.63) is 229 Å². The Morgan fingerprint density at radius 1 is 0.474 bits per heavy atom. The highest BCUT2D eigenvalue weighted by Gasteiger charge is 2.18. The van der Waals surface area contributed by atoms with Gasteiger partial charge in [-0.05, 0) is 95.6 Å². The summed E-state index contributed by atoms with van der Waals surface area (Å²) in [5.74, 6) is 0.651. The quantitative estimate of drug-likeness (QED) is 0.104. The van der Waals surface area contributed by atoms with Crippen LogP contribution in [0.1, 0.15) is 34.7 Å². The molecule has 0 saturated heterocycles. The zero-order valence-corrected chi connectivity index (χ0v) is 32.5. The van der Waals surface area contributed by atoms with E-state index in [2.05, 4.69) is 173 Å². The third kappa shape index (κ3) is 8.24. The molecule has 0 atom stereocenters. The molecule has 8 rings (SSSR count). The predicted octanol–water partition coefficient (Wildman–Crippen LogP) is 14.0. The molecule has 0 unspecified atom stereocenters. The minimum Gasteiger partial charge on any atom is -0.252 e. The van der Waals surface area contributed by atoms with Gasteiger partial charge in [0.15, 0.2) is 5.82 Å². The molecule has 8 aromatic rings. The van der Waals surface area contributed by atoms with E-state index >= 15 is 0 Å². The Kier molecular flexibility index (Phi) is 10.7. The third-order valence-corrected chi connectivity index (χ3v) is 10.3. The molecule has 3 heteroatoms. The Bertz CT molecular complexity index is 2750. The highest BCUT2D eigenvalue weighted by atomic mass is 14.9. The van der Waals surface area contributed by atoms with Gasteiger partial charge in [0.05, 0.1) is 17.1 Å². The van der Waals surface area contributed by atoms with E-state index in [0.29, 0.717) is 5.82 Å². The van der Waals surface area contributed by atoms with Crippen LogP contribution in [0.4, 0.5) is 0 Å². The zero-order chi connectivity index (χ0) is 39.1. The summed E-state index contributed by atoms with van der Waals surface area (Å²) in [5.41, 5.74) is 17.2. The van der Waals surface area contributed by atoms with Gasteiger partial charge in [-0.25, -0.2) is 9.97 Å². The molecule has 57 heavy (non-hydrogen) atoms. The SMILES string of the molecule is C=C(/C=C(\N=C(C)c1ccccc1)c1ccccc1)c1cc(-c2cccc(-c3ccccc3)c2)cc(-c2nc(-c3ccccc3)c(C)c(-c3ccccc3C)n2)c1. The van der Waals surface area contributed by atoms with Gasteiger partial charge in [0.25, 0.3) is 0 Å². The fraction of sp³-hybridized carbons (Fsp3) is 0.0556. The number of aryl methyl sites for hydroxylation is 1. The van der Waals surface area contributed by atoms with Gasteiger partial charge >= 0.3 is 0 Å². The second kappa shape index (κ2) is 16.6. The Morgan fingerprint density at radius 3 is 1.65 bits per heavy atom. The topological polar surface area (TPSA) is 38.1 Å². The van der Waals surface area contributed by atoms with Crippen LogP contribution in [0.2, 0.25) is 0 Å². The van der Waals surface area contributed by atoms with Crippen molar-refractivity contribution in [2.45, 2.75) is 20.8 Å². The van der Waals surface area contributed by atoms with Crippen molar-refractivity contribution in [3.63, 3.8) is 0 Å². The number of nitrogens with zero attached hydrogens (tertiary/aromatic N) is 3. The van der Waals surface area contributed by atoms with Crippen molar-refractivity contribution < 1.29 is 0 Å². The largest absolute Gasteiger partial charge is 0.252 e. The fourth-order valence-corrected chi connectivity index (χ4v) is 7.20. The van der Waals surface area contributed by atoms with Gasteiger partial charge in [0.2, 0.25) is 0 Å². The fourth-order valence-electron chi connectivity index (χ4n) is 7.20. The standard InChI is InChI=1S/C54H43N3/c1-37-20-17-18-31-50(37)53-39(3)52(44-27-15-8-16-28-44)56-54(57-53)49-35-47(34-48(36-49)46-30-19-29-45(33-46)42-23-11-6-12-24-42)38(2)32-51(43-25-13-7-14-26-43)55-40(4)41-21-9-5-10-22-41/h5-36H,2H2,1,3-4H3/b51-32-,55-40?. The van der Waals surface area contributed by atoms with E-state index in [1.165, 1.54) is 5.56 Å². The Hall–Kier alpha value is -7.23. The monoisotopic (exact) mass is 733 g/mol. The average molecular weight is 734 g/mol. The van der Waals surface area contributed by atoms with Crippen LogP contribution in [0.25, 0.3) is 67.4 Å². The molecule has 0 N–H and O–H groups in total. The first-order chi connectivity index (χ1) is 27.9. The van der Waals surface area contributed by atoms with Crippen LogP contribution in [-0.4, -0.2) is 15.7 Å². The molecule has 7 aromatic carbocycles. The zero-order valence-electron chi connectivity index (χ0n) is 32.5. The van der Waals surface area contributed by atoms with Crippen LogP contribution in [0.5, 0.6) is 0 Å². The van der Waals surface area contributed by atoms with E-state index in [9.17, 15) is 0 Å². The first kappa shape index (κ1) is 36.7. The van der Waals surface area contributed by atoms with Crippen molar-refractivity contribution in [1.29, 1.82) is 0 Å². The summed E-state index contributed by atoms with van der Waals surface area (Å²) in [5, 5.41) is 0. The molecule has 1 heterocycles. The van der Waals surface area contributed by atoms with Crippen molar-refractivity contribution in [2.75, 3.05) is 0 Å². The molecule has 0 fully saturated rings. The normalized spacial score (nSPS) is 11.7. The number of rotatable bonds is 10. The summed E-state index contributed by atoms with van der Waals surface area (Å²) in [7, 11) is 0. The van der Waals surface area contributed by atoms with Crippen LogP contribution < -0.4 is 0 Å². The number of allylic oxidation sites excluding steroid dienone is 2. The molecule has 0 bridgehead atoms. The molecule has 274 valence electrons. The lowest BCUT2D eigenvalue weighted by Gasteiger charge is -2.17. The van der Waals surface area contributed by atoms with E-state index < -0.39 is 0 Å². The maximum absolute atomic E-state index is 5.36. The van der Waals surface area contributed by atoms with E-state index in [4.69, 9.17) is 15.0 Å². The number of hydrogen-bond acceptors (Lipinski definition) is 3. The minimum atomic E-state index is 0.651. The summed E-state index contributed by atoms with van der Waals surface area (Å²) in [4.78, 5) is 15.9. The molecule has 0 radical (unpaired) electrons. The smallest absolute Gasteiger partial charge is 0.160 e. The summed E-state index contributed by atoms with van der Waals surface area (Å²) < 4.78 is 0. The van der Waals surface area contributed by atoms with Crippen LogP contribution in [0.3, 0.4) is 0 Å². The first-order valence-electron chi connectivity index (χ1n) is 19.3. The minimum absolute atomic E-state index is 0.651. The van der Waals surface area contributed by atoms with Gasteiger partial charge < -0.3 is 0 Å². The molecule has 3 nitrogen and oxygen atoms in total. The lowest BCUT2D eigenvalue weighted by molar-refractivity contribution is 1.14. The van der Waals surface area contributed by atoms with E-state index in [1.54, 1.807) is 0 Å². The van der Waals surface area contributed by atoms with Gasteiger partial charge in [-0.2, -0.15) is 0 Å². The van der Waals surface area contributed by atoms with Crippen LogP contribution in [0, 0.1) is 13.8 Å². The van der Waals surface area contributed by atoms with E-state index in [0.717, 1.165) is 89.6 Å². The highest BCUT2D eigenvalue weighted by molar-refractivity contribution is 6.02. The van der Waals surface area contributed by atoms with Gasteiger partial charge in [-0.15, -0.1) is 0 Å². The summed E-state index contributed by atoms with van der Waals surface area (Å²) in [6, 6.07) is 65.2. The number of aliphatic imine (C=N–C) groups is 1. The molecular weight excluding hydrogens is 691 g/mol. The van der Waals surface area contributed by atoms with Crippen molar-refractivity contribution >= 4 is 17.0 Å². The molecule has 1 aromatic heterocycles. The van der Waals surface area contributed by atoms with E-state index in [1.807, 2.05) is 48.5 Å². The molecule has 0 aliphatic rings. The Balaban J connectivity index is 1.34. The second-order valence-corrected chi connectivity index (χ2v) is 14.3. The average Bonchev–Trinajstić information content (AvgIpc) is 3.27. The van der Waals surface area contributed by atoms with Crippen molar-refractivity contribution in [3.8, 4) is 56.2 Å². The molecule has 0 amide bonds. The summed E-state index contributed by atoms with van der Waals surface area (Å²) >= 11 is 0. The molecule has 0 saturated carbocycles. The number of benzene rings is 7. The van der Waals surface area contributed by atoms with Gasteiger partial charge in [-0.3, -0.25) is 4.99 Å². The van der Waals surface area contributed by atoms with Crippen LogP contribution in [-0.2, 0) is 0 Å². The Labute approximate surface area is 336 Å². The van der Waals surface area contributed by atoms with Gasteiger partial charge in [0, 0.05) is 33.5 Å². The molecule has 0 aliphatic carbocycles. The Morgan fingerprint density at radius 2 is 0.982 bits per heavy atom.